The average Bonchev–Trinajstić information content (AvgIpc) is 1.96. The van der Waals surface area contributed by atoms with Gasteiger partial charge in [0.25, 0.3) is 0 Å². The average molecular weight is 229 g/mol. The molecule has 4 nitrogen and oxygen atoms in total. The van der Waals surface area contributed by atoms with Crippen LogP contribution in [-0.2, 0) is 4.74 Å². The number of hydrogen-bond acceptors (Lipinski definition) is 3. The molecular formula is C12H23NO3. The maximum atomic E-state index is 11.6. The van der Waals surface area contributed by atoms with Gasteiger partial charge in [-0.15, -0.1) is 0 Å². The van der Waals surface area contributed by atoms with Gasteiger partial charge >= 0.3 is 6.09 Å². The third-order valence-electron chi connectivity index (χ3n) is 2.73. The lowest BCUT2D eigenvalue weighted by Gasteiger charge is -2.42. The fraction of sp³-hybridized carbons (Fsp3) is 0.917. The Morgan fingerprint density at radius 2 is 1.88 bits per heavy atom. The van der Waals surface area contributed by atoms with Crippen LogP contribution in [0.2, 0.25) is 0 Å². The largest absolute Gasteiger partial charge is 0.444 e. The summed E-state index contributed by atoms with van der Waals surface area (Å²) in [5, 5.41) is 9.80. The normalized spacial score (nSPS) is 19.6. The highest BCUT2D eigenvalue weighted by Crippen LogP contribution is 2.25. The Bertz CT molecular complexity index is 251. The quantitative estimate of drug-likeness (QED) is 0.786. The predicted molar refractivity (Wildman–Crippen MR) is 62.1 cm³/mol. The van der Waals surface area contributed by atoms with Crippen LogP contribution >= 0.6 is 0 Å². The number of amides is 1. The molecule has 16 heavy (non-hydrogen) atoms. The van der Waals surface area contributed by atoms with Crippen molar-refractivity contribution in [3.63, 3.8) is 0 Å². The van der Waals surface area contributed by atoms with Crippen molar-refractivity contribution in [3.05, 3.63) is 0 Å². The monoisotopic (exact) mass is 229 g/mol. The van der Waals surface area contributed by atoms with Gasteiger partial charge in [-0.3, -0.25) is 0 Å². The first-order valence-corrected chi connectivity index (χ1v) is 5.86. The van der Waals surface area contributed by atoms with Crippen molar-refractivity contribution in [2.75, 3.05) is 13.1 Å². The van der Waals surface area contributed by atoms with Gasteiger partial charge in [0.1, 0.15) is 5.60 Å². The summed E-state index contributed by atoms with van der Waals surface area (Å²) < 4.78 is 5.24. The summed E-state index contributed by atoms with van der Waals surface area (Å²) in [7, 11) is 0. The van der Waals surface area contributed by atoms with Gasteiger partial charge in [0.15, 0.2) is 0 Å². The molecule has 0 spiro atoms. The van der Waals surface area contributed by atoms with Crippen LogP contribution in [0.5, 0.6) is 0 Å². The van der Waals surface area contributed by atoms with E-state index >= 15 is 0 Å². The first-order valence-electron chi connectivity index (χ1n) is 5.86. The molecule has 1 N–H and O–H groups in total. The van der Waals surface area contributed by atoms with Crippen molar-refractivity contribution in [3.8, 4) is 0 Å². The van der Waals surface area contributed by atoms with Gasteiger partial charge in [0, 0.05) is 19.0 Å². The van der Waals surface area contributed by atoms with E-state index in [1.165, 1.54) is 0 Å². The lowest BCUT2D eigenvalue weighted by Crippen LogP contribution is -2.56. The van der Waals surface area contributed by atoms with Crippen LogP contribution < -0.4 is 0 Å². The molecule has 1 fully saturated rings. The SMILES string of the molecule is CC(C)[C@H](O)C1CN(C(=O)OC(C)(C)C)C1. The molecule has 94 valence electrons. The highest BCUT2D eigenvalue weighted by molar-refractivity contribution is 5.69. The minimum absolute atomic E-state index is 0.201. The molecule has 1 heterocycles. The number of likely N-dealkylation sites (tertiary alicyclic amines) is 1. The number of nitrogens with zero attached hydrogens (tertiary/aromatic N) is 1. The molecule has 1 rings (SSSR count). The molecule has 0 radical (unpaired) electrons. The predicted octanol–water partition coefficient (Wildman–Crippen LogP) is 1.87. The second-order valence-corrected chi connectivity index (χ2v) is 5.88. The fourth-order valence-electron chi connectivity index (χ4n) is 1.75. The van der Waals surface area contributed by atoms with Crippen LogP contribution in [0.15, 0.2) is 0 Å². The van der Waals surface area contributed by atoms with Crippen molar-refractivity contribution >= 4 is 6.09 Å². The van der Waals surface area contributed by atoms with E-state index in [-0.39, 0.29) is 24.0 Å². The summed E-state index contributed by atoms with van der Waals surface area (Å²) in [6.07, 6.45) is -0.599. The molecule has 1 amide bonds. The van der Waals surface area contributed by atoms with Crippen molar-refractivity contribution < 1.29 is 14.6 Å². The van der Waals surface area contributed by atoms with Gasteiger partial charge in [-0.05, 0) is 26.7 Å². The maximum Gasteiger partial charge on any atom is 0.410 e. The molecule has 1 saturated heterocycles. The summed E-state index contributed by atoms with van der Waals surface area (Å²) >= 11 is 0. The van der Waals surface area contributed by atoms with Gasteiger partial charge in [-0.2, -0.15) is 0 Å². The van der Waals surface area contributed by atoms with E-state index in [0.29, 0.717) is 13.1 Å². The van der Waals surface area contributed by atoms with E-state index in [0.717, 1.165) is 0 Å². The zero-order chi connectivity index (χ0) is 12.5. The molecule has 0 saturated carbocycles. The highest BCUT2D eigenvalue weighted by Gasteiger charge is 2.38. The Labute approximate surface area is 97.6 Å². The number of rotatable bonds is 2. The molecule has 1 aliphatic rings. The molecule has 4 heteroatoms. The summed E-state index contributed by atoms with van der Waals surface area (Å²) in [5.74, 6) is 0.443. The second-order valence-electron chi connectivity index (χ2n) is 5.88. The number of hydrogen-bond donors (Lipinski definition) is 1. The van der Waals surface area contributed by atoms with Gasteiger partial charge in [-0.25, -0.2) is 4.79 Å². The third kappa shape index (κ3) is 3.37. The van der Waals surface area contributed by atoms with E-state index in [1.807, 2.05) is 34.6 Å². The summed E-state index contributed by atoms with van der Waals surface area (Å²) in [6, 6.07) is 0. The van der Waals surface area contributed by atoms with E-state index in [1.54, 1.807) is 4.90 Å². The number of carbonyl (C=O) groups excluding carboxylic acids is 1. The molecule has 1 aliphatic heterocycles. The van der Waals surface area contributed by atoms with Crippen molar-refractivity contribution in [2.45, 2.75) is 46.3 Å². The Morgan fingerprint density at radius 3 is 2.25 bits per heavy atom. The zero-order valence-electron chi connectivity index (χ0n) is 10.9. The van der Waals surface area contributed by atoms with E-state index in [9.17, 15) is 9.90 Å². The first kappa shape index (κ1) is 13.3. The maximum absolute atomic E-state index is 11.6. The summed E-state index contributed by atoms with van der Waals surface area (Å²) in [4.78, 5) is 13.2. The first-order chi connectivity index (χ1) is 7.20. The highest BCUT2D eigenvalue weighted by atomic mass is 16.6. The third-order valence-corrected chi connectivity index (χ3v) is 2.73. The van der Waals surface area contributed by atoms with E-state index in [2.05, 4.69) is 0 Å². The van der Waals surface area contributed by atoms with Crippen LogP contribution in [0, 0.1) is 11.8 Å². The van der Waals surface area contributed by atoms with Crippen LogP contribution in [0.25, 0.3) is 0 Å². The Kier molecular flexibility index (Phi) is 3.84. The number of aliphatic hydroxyl groups excluding tert-OH is 1. The fourth-order valence-corrected chi connectivity index (χ4v) is 1.75. The van der Waals surface area contributed by atoms with Crippen LogP contribution in [-0.4, -0.2) is 40.9 Å². The molecule has 0 aliphatic carbocycles. The minimum atomic E-state index is -0.446. The summed E-state index contributed by atoms with van der Waals surface area (Å²) in [5.41, 5.74) is -0.446. The van der Waals surface area contributed by atoms with Crippen LogP contribution in [0.4, 0.5) is 4.79 Å². The van der Waals surface area contributed by atoms with E-state index < -0.39 is 5.60 Å². The second kappa shape index (κ2) is 4.62. The minimum Gasteiger partial charge on any atom is -0.444 e. The van der Waals surface area contributed by atoms with Crippen LogP contribution in [0.1, 0.15) is 34.6 Å². The lowest BCUT2D eigenvalue weighted by molar-refractivity contribution is -0.0425. The smallest absolute Gasteiger partial charge is 0.410 e. The molecule has 0 aromatic carbocycles. The zero-order valence-corrected chi connectivity index (χ0v) is 10.9. The van der Waals surface area contributed by atoms with Crippen molar-refractivity contribution in [1.82, 2.24) is 4.90 Å². The van der Waals surface area contributed by atoms with E-state index in [4.69, 9.17) is 4.74 Å². The number of ether oxygens (including phenoxy) is 1. The molecule has 0 unspecified atom stereocenters. The lowest BCUT2D eigenvalue weighted by atomic mass is 9.87. The van der Waals surface area contributed by atoms with Crippen LogP contribution in [0.3, 0.4) is 0 Å². The standard InChI is InChI=1S/C12H23NO3/c1-8(2)10(14)9-6-13(7-9)11(15)16-12(3,4)5/h8-10,14H,6-7H2,1-5H3/t10-/m0/s1. The van der Waals surface area contributed by atoms with Crippen molar-refractivity contribution in [1.29, 1.82) is 0 Å². The molecule has 0 bridgehead atoms. The number of aliphatic hydroxyl groups is 1. The van der Waals surface area contributed by atoms with Gasteiger partial charge in [-0.1, -0.05) is 13.8 Å². The Hall–Kier alpha value is -0.770. The van der Waals surface area contributed by atoms with Gasteiger partial charge < -0.3 is 14.7 Å². The molecule has 1 atom stereocenters. The Morgan fingerprint density at radius 1 is 1.38 bits per heavy atom. The Balaban J connectivity index is 2.33. The topological polar surface area (TPSA) is 49.8 Å². The van der Waals surface area contributed by atoms with Gasteiger partial charge in [0.05, 0.1) is 6.10 Å². The molecule has 0 aromatic heterocycles. The molecular weight excluding hydrogens is 206 g/mol. The van der Waals surface area contributed by atoms with Gasteiger partial charge in [0.2, 0.25) is 0 Å². The molecule has 0 aromatic rings. The number of carbonyl (C=O) groups is 1. The van der Waals surface area contributed by atoms with Crippen molar-refractivity contribution in [2.24, 2.45) is 11.8 Å². The summed E-state index contributed by atoms with van der Waals surface area (Å²) in [6.45, 7) is 10.7.